The monoisotopic (exact) mass is 186 g/mol. The van der Waals surface area contributed by atoms with Gasteiger partial charge in [0.05, 0.1) is 6.54 Å². The van der Waals surface area contributed by atoms with Crippen molar-refractivity contribution in [3.8, 4) is 0 Å². The van der Waals surface area contributed by atoms with Gasteiger partial charge in [-0.25, -0.2) is 0 Å². The van der Waals surface area contributed by atoms with E-state index in [1.54, 1.807) is 13.2 Å². The Morgan fingerprint density at radius 2 is 2.38 bits per heavy atom. The van der Waals surface area contributed by atoms with Gasteiger partial charge in [-0.05, 0) is 6.42 Å². The van der Waals surface area contributed by atoms with Gasteiger partial charge in [0.15, 0.2) is 0 Å². The summed E-state index contributed by atoms with van der Waals surface area (Å²) in [5, 5.41) is 5.68. The van der Waals surface area contributed by atoms with E-state index in [9.17, 15) is 4.79 Å². The lowest BCUT2D eigenvalue weighted by Gasteiger charge is -2.04. The molecule has 2 N–H and O–H groups in total. The lowest BCUT2D eigenvalue weighted by molar-refractivity contribution is -0.120. The maximum absolute atomic E-state index is 11.0. The van der Waals surface area contributed by atoms with E-state index in [0.717, 1.165) is 6.42 Å². The van der Waals surface area contributed by atoms with Crippen molar-refractivity contribution in [2.45, 2.75) is 6.42 Å². The number of nitrogens with one attached hydrogen (secondary N) is 2. The Balaban J connectivity index is 3.15. The molecular formula is C9H18N2O2. The number of rotatable bonds is 8. The van der Waals surface area contributed by atoms with E-state index in [1.807, 2.05) is 0 Å². The van der Waals surface area contributed by atoms with Gasteiger partial charge in [0.25, 0.3) is 0 Å². The Labute approximate surface area is 79.3 Å². The molecule has 0 heterocycles. The van der Waals surface area contributed by atoms with E-state index in [4.69, 9.17) is 4.74 Å². The maximum atomic E-state index is 11.0. The zero-order valence-electron chi connectivity index (χ0n) is 8.14. The van der Waals surface area contributed by atoms with Crippen LogP contribution in [0.2, 0.25) is 0 Å². The Hall–Kier alpha value is -0.870. The van der Waals surface area contributed by atoms with Gasteiger partial charge >= 0.3 is 0 Å². The average Bonchev–Trinajstić information content (AvgIpc) is 2.13. The fourth-order valence-corrected chi connectivity index (χ4v) is 0.795. The second-order valence-corrected chi connectivity index (χ2v) is 2.62. The molecule has 0 saturated carbocycles. The topological polar surface area (TPSA) is 50.4 Å². The molecule has 0 aliphatic carbocycles. The molecule has 0 rings (SSSR count). The largest absolute Gasteiger partial charge is 0.385 e. The molecule has 0 aliphatic heterocycles. The molecule has 0 spiro atoms. The van der Waals surface area contributed by atoms with Crippen LogP contribution < -0.4 is 10.6 Å². The van der Waals surface area contributed by atoms with Crippen LogP contribution in [0.1, 0.15) is 6.42 Å². The van der Waals surface area contributed by atoms with Crippen molar-refractivity contribution >= 4 is 5.91 Å². The number of carbonyl (C=O) groups excluding carboxylic acids is 1. The minimum atomic E-state index is 0.0120. The van der Waals surface area contributed by atoms with Crippen molar-refractivity contribution in [1.29, 1.82) is 0 Å². The number of amides is 1. The summed E-state index contributed by atoms with van der Waals surface area (Å²) in [5.74, 6) is 0.0120. The normalized spacial score (nSPS) is 9.62. The second kappa shape index (κ2) is 9.22. The summed E-state index contributed by atoms with van der Waals surface area (Å²) in [7, 11) is 1.65. The van der Waals surface area contributed by atoms with Crippen LogP contribution in [0.25, 0.3) is 0 Å². The van der Waals surface area contributed by atoms with Crippen molar-refractivity contribution in [3.63, 3.8) is 0 Å². The molecule has 0 atom stereocenters. The summed E-state index contributed by atoms with van der Waals surface area (Å²) in [6.07, 6.45) is 2.57. The molecule has 0 aromatic heterocycles. The van der Waals surface area contributed by atoms with Crippen LogP contribution >= 0.6 is 0 Å². The Kier molecular flexibility index (Phi) is 8.60. The van der Waals surface area contributed by atoms with E-state index in [2.05, 4.69) is 17.2 Å². The molecule has 0 fully saturated rings. The molecule has 0 aliphatic rings. The van der Waals surface area contributed by atoms with Gasteiger partial charge in [-0.1, -0.05) is 6.08 Å². The van der Waals surface area contributed by atoms with Gasteiger partial charge in [-0.2, -0.15) is 0 Å². The van der Waals surface area contributed by atoms with Crippen molar-refractivity contribution in [3.05, 3.63) is 12.7 Å². The third-order valence-corrected chi connectivity index (χ3v) is 1.42. The highest BCUT2D eigenvalue weighted by atomic mass is 16.5. The van der Waals surface area contributed by atoms with Crippen LogP contribution in [0.4, 0.5) is 0 Å². The minimum Gasteiger partial charge on any atom is -0.385 e. The molecule has 0 bridgehead atoms. The van der Waals surface area contributed by atoms with Gasteiger partial charge in [0.2, 0.25) is 5.91 Å². The second-order valence-electron chi connectivity index (χ2n) is 2.62. The van der Waals surface area contributed by atoms with Crippen LogP contribution in [0.3, 0.4) is 0 Å². The molecule has 0 aromatic carbocycles. The van der Waals surface area contributed by atoms with Crippen LogP contribution in [-0.4, -0.2) is 39.3 Å². The van der Waals surface area contributed by atoms with Gasteiger partial charge in [0.1, 0.15) is 0 Å². The lowest BCUT2D eigenvalue weighted by atomic mass is 10.4. The van der Waals surface area contributed by atoms with Crippen LogP contribution in [-0.2, 0) is 9.53 Å². The van der Waals surface area contributed by atoms with E-state index in [1.165, 1.54) is 0 Å². The van der Waals surface area contributed by atoms with E-state index >= 15 is 0 Å². The number of methoxy groups -OCH3 is 1. The molecule has 0 saturated heterocycles. The molecule has 0 radical (unpaired) electrons. The molecule has 4 nitrogen and oxygen atoms in total. The van der Waals surface area contributed by atoms with Crippen molar-refractivity contribution < 1.29 is 9.53 Å². The summed E-state index contributed by atoms with van der Waals surface area (Å²) < 4.78 is 4.84. The number of ether oxygens (including phenoxy) is 1. The molecule has 13 heavy (non-hydrogen) atoms. The summed E-state index contributed by atoms with van der Waals surface area (Å²) >= 11 is 0. The SMILES string of the molecule is C=CCNCC(=O)NCCCOC. The smallest absolute Gasteiger partial charge is 0.233 e. The van der Waals surface area contributed by atoms with Crippen molar-refractivity contribution in [1.82, 2.24) is 10.6 Å². The first-order valence-corrected chi connectivity index (χ1v) is 4.38. The summed E-state index contributed by atoms with van der Waals surface area (Å²) in [5.41, 5.74) is 0. The summed E-state index contributed by atoms with van der Waals surface area (Å²) in [6, 6.07) is 0. The van der Waals surface area contributed by atoms with Crippen molar-refractivity contribution in [2.75, 3.05) is 33.4 Å². The van der Waals surface area contributed by atoms with Crippen LogP contribution in [0.5, 0.6) is 0 Å². The standard InChI is InChI=1S/C9H18N2O2/c1-3-5-10-8-9(12)11-6-4-7-13-2/h3,10H,1,4-8H2,2H3,(H,11,12). The minimum absolute atomic E-state index is 0.0120. The highest BCUT2D eigenvalue weighted by Gasteiger charge is 1.97. The molecule has 0 unspecified atom stereocenters. The van der Waals surface area contributed by atoms with Gasteiger partial charge < -0.3 is 15.4 Å². The molecule has 0 aromatic rings. The Bertz CT molecular complexity index is 149. The number of hydrogen-bond acceptors (Lipinski definition) is 3. The highest BCUT2D eigenvalue weighted by molar-refractivity contribution is 5.77. The first-order chi connectivity index (χ1) is 6.31. The van der Waals surface area contributed by atoms with E-state index < -0.39 is 0 Å². The van der Waals surface area contributed by atoms with Crippen molar-refractivity contribution in [2.24, 2.45) is 0 Å². The number of carbonyl (C=O) groups is 1. The quantitative estimate of drug-likeness (QED) is 0.411. The maximum Gasteiger partial charge on any atom is 0.233 e. The van der Waals surface area contributed by atoms with Gasteiger partial charge in [0, 0.05) is 26.8 Å². The summed E-state index contributed by atoms with van der Waals surface area (Å²) in [6.45, 7) is 5.89. The predicted molar refractivity (Wildman–Crippen MR) is 52.6 cm³/mol. The number of hydrogen-bond donors (Lipinski definition) is 2. The van der Waals surface area contributed by atoms with E-state index in [0.29, 0.717) is 26.2 Å². The van der Waals surface area contributed by atoms with Gasteiger partial charge in [-0.15, -0.1) is 6.58 Å². The van der Waals surface area contributed by atoms with Gasteiger partial charge in [-0.3, -0.25) is 4.79 Å². The molecule has 1 amide bonds. The molecule has 76 valence electrons. The molecule has 4 heteroatoms. The zero-order chi connectivity index (χ0) is 9.94. The molecular weight excluding hydrogens is 168 g/mol. The predicted octanol–water partition coefficient (Wildman–Crippen LogP) is -0.0853. The Morgan fingerprint density at radius 3 is 3.00 bits per heavy atom. The summed E-state index contributed by atoms with van der Waals surface area (Å²) in [4.78, 5) is 11.0. The highest BCUT2D eigenvalue weighted by Crippen LogP contribution is 1.76. The lowest BCUT2D eigenvalue weighted by Crippen LogP contribution is -2.34. The first-order valence-electron chi connectivity index (χ1n) is 4.38. The first kappa shape index (κ1) is 12.1. The third-order valence-electron chi connectivity index (χ3n) is 1.42. The average molecular weight is 186 g/mol. The Morgan fingerprint density at radius 1 is 1.62 bits per heavy atom. The fraction of sp³-hybridized carbons (Fsp3) is 0.667. The van der Waals surface area contributed by atoms with E-state index in [-0.39, 0.29) is 5.91 Å². The zero-order valence-corrected chi connectivity index (χ0v) is 8.14. The van der Waals surface area contributed by atoms with Crippen LogP contribution in [0.15, 0.2) is 12.7 Å². The van der Waals surface area contributed by atoms with Crippen LogP contribution in [0, 0.1) is 0 Å². The third kappa shape index (κ3) is 9.04. The fourth-order valence-electron chi connectivity index (χ4n) is 0.795.